The lowest BCUT2D eigenvalue weighted by Crippen LogP contribution is -2.46. The molecule has 0 bridgehead atoms. The number of halogens is 1. The number of nitrogens with zero attached hydrogens (tertiary/aromatic N) is 2. The SMILES string of the molecule is CC(C)C1CCC(CCC(C)(C)O)CC1.CC(C)C1CCC(CN2CCOC[C@@H]2C)CC1.CC(C)C1CCC(N(C)C2CCOCC2)CC1.CC(C)c1ccc(NC2CCCC2)cc1.CC(C)c1ccc(NC2CCCCC2)cc1.CC(C)c1ccc(NC2CCOC2)cc1.CC(C)c1ccc(NC2CCOCC2)c(F)c1. The van der Waals surface area contributed by atoms with Crippen molar-refractivity contribution in [2.75, 3.05) is 94.3 Å². The van der Waals surface area contributed by atoms with Crippen molar-refractivity contribution in [3.63, 3.8) is 0 Å². The fourth-order valence-electron chi connectivity index (χ4n) is 18.3. The quantitative estimate of drug-likeness (QED) is 0.0519. The number of hydrogen-bond acceptors (Lipinski definition) is 11. The number of aliphatic hydroxyl groups is 1. The third-order valence-corrected chi connectivity index (χ3v) is 26.8. The van der Waals surface area contributed by atoms with Crippen molar-refractivity contribution < 1.29 is 28.4 Å². The third-order valence-electron chi connectivity index (χ3n) is 26.8. The molecule has 4 aromatic rings. The molecule has 9 fully saturated rings. The number of morpholine rings is 1. The minimum Gasteiger partial charge on any atom is -0.390 e. The molecular weight excluding hydrogens is 1380 g/mol. The molecule has 0 radical (unpaired) electrons. The predicted molar refractivity (Wildman–Crippen MR) is 479 cm³/mol. The lowest BCUT2D eigenvalue weighted by molar-refractivity contribution is -0.0112. The van der Waals surface area contributed by atoms with E-state index >= 15 is 0 Å². The second kappa shape index (κ2) is 51.1. The van der Waals surface area contributed by atoms with Crippen molar-refractivity contribution in [2.45, 2.75) is 369 Å². The van der Waals surface area contributed by atoms with Crippen molar-refractivity contribution >= 4 is 22.7 Å². The maximum atomic E-state index is 13.9. The Hall–Kier alpha value is -4.27. The molecular formula is C100H169FN6O5. The van der Waals surface area contributed by atoms with E-state index in [1.165, 1.54) is 194 Å². The van der Waals surface area contributed by atoms with Crippen molar-refractivity contribution in [1.29, 1.82) is 0 Å². The second-order valence-electron chi connectivity index (χ2n) is 38.7. The van der Waals surface area contributed by atoms with Crippen LogP contribution in [0.15, 0.2) is 91.0 Å². The zero-order valence-electron chi connectivity index (χ0n) is 74.9. The van der Waals surface area contributed by atoms with Crippen LogP contribution >= 0.6 is 0 Å². The van der Waals surface area contributed by atoms with E-state index in [1.54, 1.807) is 6.07 Å². The van der Waals surface area contributed by atoms with Gasteiger partial charge >= 0.3 is 0 Å². The molecule has 12 heteroatoms. The van der Waals surface area contributed by atoms with Gasteiger partial charge in [-0.3, -0.25) is 4.90 Å². The fraction of sp³-hybridized carbons (Fsp3) is 0.760. The van der Waals surface area contributed by atoms with Crippen LogP contribution in [0.25, 0.3) is 0 Å². The van der Waals surface area contributed by atoms with Crippen LogP contribution in [0.5, 0.6) is 0 Å². The summed E-state index contributed by atoms with van der Waals surface area (Å²) in [5.74, 6) is 9.47. The summed E-state index contributed by atoms with van der Waals surface area (Å²) < 4.78 is 35.5. The molecule has 4 aromatic carbocycles. The van der Waals surface area contributed by atoms with Gasteiger partial charge in [0.1, 0.15) is 5.82 Å². The van der Waals surface area contributed by atoms with E-state index in [4.69, 9.17) is 18.9 Å². The number of hydrogen-bond donors (Lipinski definition) is 5. The van der Waals surface area contributed by atoms with Gasteiger partial charge in [0, 0.05) is 99.4 Å². The molecule has 4 saturated heterocycles. The molecule has 9 aliphatic rings. The van der Waals surface area contributed by atoms with Gasteiger partial charge in [-0.25, -0.2) is 4.39 Å². The Morgan fingerprint density at radius 2 is 0.777 bits per heavy atom. The molecule has 0 spiro atoms. The molecule has 4 aliphatic heterocycles. The molecule has 1 unspecified atom stereocenters. The van der Waals surface area contributed by atoms with Crippen molar-refractivity contribution in [3.8, 4) is 0 Å². The molecule has 636 valence electrons. The Bertz CT molecular complexity index is 2960. The first-order chi connectivity index (χ1) is 53.7. The van der Waals surface area contributed by atoms with Gasteiger partial charge in [0.2, 0.25) is 0 Å². The van der Waals surface area contributed by atoms with E-state index in [0.29, 0.717) is 53.5 Å². The summed E-state index contributed by atoms with van der Waals surface area (Å²) in [6.45, 7) is 47.4. The van der Waals surface area contributed by atoms with Crippen LogP contribution < -0.4 is 21.3 Å². The van der Waals surface area contributed by atoms with Gasteiger partial charge in [0.05, 0.1) is 37.2 Å². The average Bonchev–Trinajstić information content (AvgIpc) is 0.972. The topological polar surface area (TPSA) is 112 Å². The van der Waals surface area contributed by atoms with E-state index in [1.807, 2.05) is 26.0 Å². The number of rotatable bonds is 22. The zero-order chi connectivity index (χ0) is 81.0. The number of nitrogens with one attached hydrogen (secondary N) is 4. The van der Waals surface area contributed by atoms with Crippen LogP contribution in [0, 0.1) is 53.2 Å². The minimum atomic E-state index is -0.463. The molecule has 2 atom stereocenters. The van der Waals surface area contributed by atoms with Crippen LogP contribution in [0.2, 0.25) is 0 Å². The maximum absolute atomic E-state index is 13.9. The molecule has 0 amide bonds. The Balaban J connectivity index is 0.000000181. The van der Waals surface area contributed by atoms with Gasteiger partial charge in [0.25, 0.3) is 0 Å². The van der Waals surface area contributed by atoms with Crippen LogP contribution in [0.4, 0.5) is 27.1 Å². The smallest absolute Gasteiger partial charge is 0.146 e. The summed E-state index contributed by atoms with van der Waals surface area (Å²) in [5, 5.41) is 23.7. The third kappa shape index (κ3) is 35.9. The highest BCUT2D eigenvalue weighted by molar-refractivity contribution is 5.49. The summed E-state index contributed by atoms with van der Waals surface area (Å²) in [4.78, 5) is 5.31. The Morgan fingerprint density at radius 1 is 0.411 bits per heavy atom. The monoisotopic (exact) mass is 1550 g/mol. The fourth-order valence-corrected chi connectivity index (χ4v) is 18.3. The van der Waals surface area contributed by atoms with Crippen molar-refractivity contribution in [3.05, 3.63) is 119 Å². The van der Waals surface area contributed by atoms with Crippen LogP contribution in [0.3, 0.4) is 0 Å². The summed E-state index contributed by atoms with van der Waals surface area (Å²) in [5.41, 5.74) is 9.21. The van der Waals surface area contributed by atoms with Gasteiger partial charge in [-0.05, 0) is 304 Å². The number of anilines is 4. The minimum absolute atomic E-state index is 0.150. The summed E-state index contributed by atoms with van der Waals surface area (Å²) in [7, 11) is 2.34. The highest BCUT2D eigenvalue weighted by Crippen LogP contribution is 2.39. The van der Waals surface area contributed by atoms with E-state index in [-0.39, 0.29) is 5.82 Å². The standard InChI is InChI=1S/2C15H29NO.C15H23N.C14H20FNO.C14H21N.C14H28O.C13H19NO/c1-12(2)13-4-6-14(7-5-13)16(3)15-8-10-17-11-9-15;1-12(2)15-6-4-14(5-7-15)10-16-8-9-17-11-13(16)3;1-12(2)13-8-10-15(11-9-13)16-14-6-4-3-5-7-14;1-10(2)11-3-4-14(13(15)9-11)16-12-5-7-17-8-6-12;1-11(2)12-7-9-14(10-8-12)15-13-5-3-4-6-13;1-11(2)13-7-5-12(6-8-13)9-10-14(3,4)15;1-10(2)11-3-5-12(6-4-11)14-13-7-8-15-9-13/h2*12-15H,4-11H2,1-3H3;8-12,14,16H,3-7H2,1-2H3;3-4,9-10,12,16H,5-8H2,1-2H3;7-11,13,15H,3-6H2,1-2H3;11-13,15H,5-10H2,1-4H3;3-6,10,13-14H,7-9H2,1-2H3/t;13-,14?,15?;;;;;/m.0...../s1. The average molecular weight is 1550 g/mol. The molecule has 5 saturated carbocycles. The Labute approximate surface area is 686 Å². The van der Waals surface area contributed by atoms with E-state index in [9.17, 15) is 9.50 Å². The Morgan fingerprint density at radius 3 is 1.18 bits per heavy atom. The zero-order valence-corrected chi connectivity index (χ0v) is 74.9. The van der Waals surface area contributed by atoms with E-state index < -0.39 is 5.60 Å². The Kier molecular flexibility index (Phi) is 43.3. The first-order valence-corrected chi connectivity index (χ1v) is 46.3. The van der Waals surface area contributed by atoms with Gasteiger partial charge in [-0.2, -0.15) is 0 Å². The molecule has 5 aliphatic carbocycles. The molecule has 112 heavy (non-hydrogen) atoms. The molecule has 11 nitrogen and oxygen atoms in total. The van der Waals surface area contributed by atoms with Gasteiger partial charge in [0.15, 0.2) is 0 Å². The summed E-state index contributed by atoms with van der Waals surface area (Å²) >= 11 is 0. The van der Waals surface area contributed by atoms with Crippen molar-refractivity contribution in [1.82, 2.24) is 9.80 Å². The lowest BCUT2D eigenvalue weighted by atomic mass is 9.75. The predicted octanol–water partition coefficient (Wildman–Crippen LogP) is 25.8. The normalized spacial score (nSPS) is 24.5. The molecule has 5 N–H and O–H groups in total. The largest absolute Gasteiger partial charge is 0.390 e. The highest BCUT2D eigenvalue weighted by atomic mass is 19.1. The van der Waals surface area contributed by atoms with Crippen molar-refractivity contribution in [2.24, 2.45) is 47.3 Å². The first-order valence-electron chi connectivity index (χ1n) is 46.3. The van der Waals surface area contributed by atoms with E-state index in [2.05, 4.69) is 215 Å². The van der Waals surface area contributed by atoms with Crippen LogP contribution in [-0.2, 0) is 18.9 Å². The van der Waals surface area contributed by atoms with Gasteiger partial charge in [-0.1, -0.05) is 184 Å². The molecule has 4 heterocycles. The van der Waals surface area contributed by atoms with Crippen LogP contribution in [0.1, 0.15) is 343 Å². The maximum Gasteiger partial charge on any atom is 0.146 e. The highest BCUT2D eigenvalue weighted by Gasteiger charge is 2.32. The lowest BCUT2D eigenvalue weighted by Gasteiger charge is -2.41. The van der Waals surface area contributed by atoms with Gasteiger partial charge in [-0.15, -0.1) is 0 Å². The molecule has 0 aromatic heterocycles. The molecule has 13 rings (SSSR count). The van der Waals surface area contributed by atoms with Crippen LogP contribution in [-0.4, -0.2) is 136 Å². The second-order valence-corrected chi connectivity index (χ2v) is 38.7. The van der Waals surface area contributed by atoms with Gasteiger partial charge < -0.3 is 50.2 Å². The number of ether oxygens (including phenoxy) is 4. The summed E-state index contributed by atoms with van der Waals surface area (Å²) in [6, 6.07) is 36.6. The summed E-state index contributed by atoms with van der Waals surface area (Å²) in [6.07, 6.45) is 37.1. The van der Waals surface area contributed by atoms with E-state index in [0.717, 1.165) is 156 Å². The number of benzene rings is 4. The first kappa shape index (κ1) is 94.9.